The van der Waals surface area contributed by atoms with Crippen molar-refractivity contribution in [2.75, 3.05) is 11.1 Å². The summed E-state index contributed by atoms with van der Waals surface area (Å²) in [5, 5.41) is 21.6. The van der Waals surface area contributed by atoms with Crippen LogP contribution >= 0.6 is 23.1 Å². The molecule has 32 heavy (non-hydrogen) atoms. The van der Waals surface area contributed by atoms with Crippen LogP contribution < -0.4 is 5.32 Å². The molecule has 166 valence electrons. The van der Waals surface area contributed by atoms with Crippen molar-refractivity contribution >= 4 is 34.0 Å². The molecular weight excluding hydrogens is 442 g/mol. The summed E-state index contributed by atoms with van der Waals surface area (Å²) in [5.74, 6) is 0.907. The fourth-order valence-electron chi connectivity index (χ4n) is 3.92. The SMILES string of the molecule is CCC(C)(C)C1CCc2c(sc(NC(=O)CSc3nnc(-c4ccncc4)o3)c2C#N)C1. The third-order valence-corrected chi connectivity index (χ3v) is 8.30. The van der Waals surface area contributed by atoms with Gasteiger partial charge in [0.15, 0.2) is 0 Å². The lowest BCUT2D eigenvalue weighted by molar-refractivity contribution is -0.113. The van der Waals surface area contributed by atoms with E-state index in [1.165, 1.54) is 16.6 Å². The highest BCUT2D eigenvalue weighted by Crippen LogP contribution is 2.45. The summed E-state index contributed by atoms with van der Waals surface area (Å²) in [6, 6.07) is 5.88. The van der Waals surface area contributed by atoms with Crippen LogP contribution in [-0.4, -0.2) is 26.8 Å². The Hall–Kier alpha value is -2.70. The number of thiophene rings is 1. The number of thioether (sulfide) groups is 1. The van der Waals surface area contributed by atoms with Crippen molar-refractivity contribution in [2.24, 2.45) is 11.3 Å². The second-order valence-electron chi connectivity index (χ2n) is 8.55. The Balaban J connectivity index is 1.40. The molecule has 0 spiro atoms. The lowest BCUT2D eigenvalue weighted by Gasteiger charge is -2.36. The second kappa shape index (κ2) is 9.43. The van der Waals surface area contributed by atoms with Gasteiger partial charge in [0.25, 0.3) is 5.22 Å². The molecule has 1 unspecified atom stereocenters. The minimum Gasteiger partial charge on any atom is -0.411 e. The van der Waals surface area contributed by atoms with Gasteiger partial charge in [0, 0.05) is 22.8 Å². The molecule has 3 aromatic heterocycles. The lowest BCUT2D eigenvalue weighted by atomic mass is 9.69. The molecule has 4 rings (SSSR count). The molecule has 7 nitrogen and oxygen atoms in total. The van der Waals surface area contributed by atoms with Crippen LogP contribution in [0, 0.1) is 22.7 Å². The predicted molar refractivity (Wildman–Crippen MR) is 126 cm³/mol. The Kier molecular flexibility index (Phi) is 6.63. The first-order valence-electron chi connectivity index (χ1n) is 10.6. The summed E-state index contributed by atoms with van der Waals surface area (Å²) in [6.45, 7) is 6.87. The molecule has 0 saturated heterocycles. The van der Waals surface area contributed by atoms with Crippen molar-refractivity contribution in [1.29, 1.82) is 5.26 Å². The molecule has 9 heteroatoms. The summed E-state index contributed by atoms with van der Waals surface area (Å²) in [4.78, 5) is 17.8. The van der Waals surface area contributed by atoms with Crippen LogP contribution in [0.15, 0.2) is 34.2 Å². The van der Waals surface area contributed by atoms with Crippen molar-refractivity contribution in [2.45, 2.75) is 51.7 Å². The van der Waals surface area contributed by atoms with Gasteiger partial charge in [-0.3, -0.25) is 9.78 Å². The number of hydrogen-bond acceptors (Lipinski definition) is 8. The van der Waals surface area contributed by atoms with Gasteiger partial charge in [0.1, 0.15) is 11.1 Å². The molecule has 0 fully saturated rings. The number of carbonyl (C=O) groups is 1. The van der Waals surface area contributed by atoms with Gasteiger partial charge < -0.3 is 9.73 Å². The summed E-state index contributed by atoms with van der Waals surface area (Å²) in [6.07, 6.45) is 7.38. The number of nitrogens with one attached hydrogen (secondary N) is 1. The topological polar surface area (TPSA) is 105 Å². The molecule has 3 aromatic rings. The van der Waals surface area contributed by atoms with E-state index in [2.05, 4.69) is 47.3 Å². The van der Waals surface area contributed by atoms with Crippen molar-refractivity contribution in [3.63, 3.8) is 0 Å². The number of pyridine rings is 1. The van der Waals surface area contributed by atoms with E-state index < -0.39 is 0 Å². The molecule has 0 saturated carbocycles. The van der Waals surface area contributed by atoms with E-state index in [4.69, 9.17) is 4.42 Å². The molecule has 1 N–H and O–H groups in total. The Morgan fingerprint density at radius 1 is 1.38 bits per heavy atom. The molecule has 0 radical (unpaired) electrons. The number of rotatable bonds is 7. The monoisotopic (exact) mass is 467 g/mol. The minimum absolute atomic E-state index is 0.122. The van der Waals surface area contributed by atoms with E-state index >= 15 is 0 Å². The molecule has 0 aromatic carbocycles. The normalized spacial score (nSPS) is 15.8. The van der Waals surface area contributed by atoms with E-state index in [1.54, 1.807) is 35.9 Å². The zero-order valence-electron chi connectivity index (χ0n) is 18.3. The lowest BCUT2D eigenvalue weighted by Crippen LogP contribution is -2.28. The van der Waals surface area contributed by atoms with Crippen LogP contribution in [-0.2, 0) is 17.6 Å². The van der Waals surface area contributed by atoms with E-state index in [0.29, 0.717) is 27.6 Å². The first-order valence-corrected chi connectivity index (χ1v) is 12.4. The van der Waals surface area contributed by atoms with Gasteiger partial charge in [-0.05, 0) is 48.3 Å². The summed E-state index contributed by atoms with van der Waals surface area (Å²) in [7, 11) is 0. The number of nitriles is 1. The average molecular weight is 468 g/mol. The van der Waals surface area contributed by atoms with Gasteiger partial charge in [0.2, 0.25) is 11.8 Å². The van der Waals surface area contributed by atoms with Crippen LogP contribution in [0.4, 0.5) is 5.00 Å². The minimum atomic E-state index is -0.195. The summed E-state index contributed by atoms with van der Waals surface area (Å²) < 4.78 is 5.62. The molecule has 1 aliphatic carbocycles. The van der Waals surface area contributed by atoms with E-state index in [1.807, 2.05) is 0 Å². The molecule has 1 amide bonds. The van der Waals surface area contributed by atoms with Crippen LogP contribution in [0.1, 0.15) is 49.6 Å². The number of nitrogens with zero attached hydrogens (tertiary/aromatic N) is 4. The number of fused-ring (bicyclic) bond motifs is 1. The van der Waals surface area contributed by atoms with Gasteiger partial charge in [0.05, 0.1) is 11.3 Å². The van der Waals surface area contributed by atoms with Crippen LogP contribution in [0.3, 0.4) is 0 Å². The van der Waals surface area contributed by atoms with E-state index in [0.717, 1.165) is 36.8 Å². The number of anilines is 1. The van der Waals surface area contributed by atoms with Crippen molar-refractivity contribution < 1.29 is 9.21 Å². The standard InChI is InChI=1S/C23H25N5O2S2/c1-4-23(2,3)15-5-6-16-17(12-24)21(32-18(16)11-15)26-19(29)13-31-22-28-27-20(30-22)14-7-9-25-10-8-14/h7-10,15H,4-6,11,13H2,1-3H3,(H,26,29). The summed E-state index contributed by atoms with van der Waals surface area (Å²) >= 11 is 2.72. The van der Waals surface area contributed by atoms with Crippen LogP contribution in [0.2, 0.25) is 0 Å². The molecule has 1 atom stereocenters. The van der Waals surface area contributed by atoms with Gasteiger partial charge in [-0.1, -0.05) is 39.0 Å². The number of amides is 1. The maximum atomic E-state index is 12.6. The zero-order chi connectivity index (χ0) is 22.7. The zero-order valence-corrected chi connectivity index (χ0v) is 20.0. The molecule has 3 heterocycles. The van der Waals surface area contributed by atoms with Crippen molar-refractivity contribution in [1.82, 2.24) is 15.2 Å². The average Bonchev–Trinajstić information content (AvgIpc) is 3.42. The van der Waals surface area contributed by atoms with Gasteiger partial charge in [-0.15, -0.1) is 21.5 Å². The number of carbonyl (C=O) groups excluding carboxylic acids is 1. The first kappa shape index (κ1) is 22.5. The smallest absolute Gasteiger partial charge is 0.277 e. The van der Waals surface area contributed by atoms with Gasteiger partial charge >= 0.3 is 0 Å². The Labute approximate surface area is 195 Å². The molecule has 0 bridgehead atoms. The maximum Gasteiger partial charge on any atom is 0.277 e. The largest absolute Gasteiger partial charge is 0.411 e. The highest BCUT2D eigenvalue weighted by Gasteiger charge is 2.34. The van der Waals surface area contributed by atoms with E-state index in [-0.39, 0.29) is 17.1 Å². The molecule has 0 aliphatic heterocycles. The number of hydrogen-bond donors (Lipinski definition) is 1. The van der Waals surface area contributed by atoms with Crippen molar-refractivity contribution in [3.05, 3.63) is 40.5 Å². The highest BCUT2D eigenvalue weighted by atomic mass is 32.2. The third kappa shape index (κ3) is 4.71. The Morgan fingerprint density at radius 3 is 2.88 bits per heavy atom. The molecule has 1 aliphatic rings. The van der Waals surface area contributed by atoms with Crippen molar-refractivity contribution in [3.8, 4) is 17.5 Å². The quantitative estimate of drug-likeness (QED) is 0.468. The van der Waals surface area contributed by atoms with Crippen LogP contribution in [0.25, 0.3) is 11.5 Å². The Morgan fingerprint density at radius 2 is 2.16 bits per heavy atom. The second-order valence-corrected chi connectivity index (χ2v) is 10.6. The fraction of sp³-hybridized carbons (Fsp3) is 0.435. The maximum absolute atomic E-state index is 12.6. The molecular formula is C23H25N5O2S2. The van der Waals surface area contributed by atoms with E-state index in [9.17, 15) is 10.1 Å². The number of aromatic nitrogens is 3. The van der Waals surface area contributed by atoms with Gasteiger partial charge in [-0.25, -0.2) is 0 Å². The predicted octanol–water partition coefficient (Wildman–Crippen LogP) is 5.34. The highest BCUT2D eigenvalue weighted by molar-refractivity contribution is 7.99. The van der Waals surface area contributed by atoms with Crippen LogP contribution in [0.5, 0.6) is 0 Å². The van der Waals surface area contributed by atoms with Gasteiger partial charge in [-0.2, -0.15) is 5.26 Å². The Bertz CT molecular complexity index is 1150. The first-order chi connectivity index (χ1) is 15.4. The fourth-order valence-corrected chi connectivity index (χ4v) is 5.77. The third-order valence-electron chi connectivity index (χ3n) is 6.31. The summed E-state index contributed by atoms with van der Waals surface area (Å²) in [5.41, 5.74) is 2.78.